The topological polar surface area (TPSA) is 364 Å². The number of carbonyl (C=O) groups is 2. The Kier molecular flexibility index (Phi) is 13.9. The molecule has 24 nitrogen and oxygen atoms in total. The molecule has 4 rings (SSSR count). The van der Waals surface area contributed by atoms with Crippen molar-refractivity contribution in [3.63, 3.8) is 0 Å². The maximum Gasteiger partial charge on any atom is 0.412 e. The van der Waals surface area contributed by atoms with Gasteiger partial charge in [0.15, 0.2) is 18.4 Å². The monoisotopic (exact) mass is 825 g/mol. The second-order valence-electron chi connectivity index (χ2n) is 10.3. The third-order valence-electron chi connectivity index (χ3n) is 6.36. The number of phosphoric acid groups is 3. The summed E-state index contributed by atoms with van der Waals surface area (Å²) in [5, 5.41) is 4.71. The van der Waals surface area contributed by atoms with Crippen LogP contribution in [0, 0.1) is 0 Å². The SMILES string of the molecule is NCCP(=O)([O-])OP(=O)([O-])OP(=O)([O-])OP(=O)([O-])OC[C@H]1O[C@@H](n2ccc(=O)[nH]c2=O)[C@@H](OC(=O)Nc2ccccc2)C1OC(=O)Nc1ccccc1. The van der Waals surface area contributed by atoms with E-state index in [1.54, 1.807) is 36.4 Å². The van der Waals surface area contributed by atoms with Gasteiger partial charge in [-0.3, -0.25) is 43.0 Å². The van der Waals surface area contributed by atoms with Crippen molar-refractivity contribution in [2.75, 3.05) is 29.9 Å². The van der Waals surface area contributed by atoms with E-state index in [0.717, 1.165) is 12.3 Å². The zero-order valence-electron chi connectivity index (χ0n) is 26.4. The lowest BCUT2D eigenvalue weighted by Crippen LogP contribution is -2.44. The highest BCUT2D eigenvalue weighted by atomic mass is 31.3. The fourth-order valence-electron chi connectivity index (χ4n) is 4.36. The summed E-state index contributed by atoms with van der Waals surface area (Å²) in [4.78, 5) is 101. The van der Waals surface area contributed by atoms with E-state index in [1.807, 2.05) is 4.98 Å². The van der Waals surface area contributed by atoms with Crippen molar-refractivity contribution in [1.29, 1.82) is 0 Å². The summed E-state index contributed by atoms with van der Waals surface area (Å²) in [7, 11) is -24.4. The van der Waals surface area contributed by atoms with Crippen LogP contribution in [0.4, 0.5) is 21.0 Å². The van der Waals surface area contributed by atoms with Gasteiger partial charge in [0.1, 0.15) is 13.7 Å². The van der Waals surface area contributed by atoms with Gasteiger partial charge in [0.25, 0.3) is 29.0 Å². The van der Waals surface area contributed by atoms with Crippen molar-refractivity contribution in [3.8, 4) is 0 Å². The number of amides is 2. The van der Waals surface area contributed by atoms with Gasteiger partial charge >= 0.3 is 17.9 Å². The normalized spacial score (nSPS) is 23.0. The lowest BCUT2D eigenvalue weighted by molar-refractivity contribution is -0.251. The molecule has 8 atom stereocenters. The molecule has 0 aliphatic carbocycles. The van der Waals surface area contributed by atoms with Crippen LogP contribution >= 0.6 is 31.1 Å². The highest BCUT2D eigenvalue weighted by Gasteiger charge is 2.51. The molecule has 2 amide bonds. The summed E-state index contributed by atoms with van der Waals surface area (Å²) >= 11 is 0. The van der Waals surface area contributed by atoms with E-state index in [-0.39, 0.29) is 11.4 Å². The van der Waals surface area contributed by atoms with E-state index >= 15 is 0 Å². The average Bonchev–Trinajstić information content (AvgIpc) is 3.34. The molecular formula is C25H27N5O19P4-4. The summed E-state index contributed by atoms with van der Waals surface area (Å²) in [5.74, 6) is 0. The molecule has 5 N–H and O–H groups in total. The van der Waals surface area contributed by atoms with E-state index in [0.29, 0.717) is 4.57 Å². The van der Waals surface area contributed by atoms with Crippen LogP contribution < -0.4 is 47.2 Å². The Labute approximate surface area is 297 Å². The van der Waals surface area contributed by atoms with Gasteiger partial charge in [-0.15, -0.1) is 0 Å². The highest BCUT2D eigenvalue weighted by molar-refractivity contribution is 7.69. The highest BCUT2D eigenvalue weighted by Crippen LogP contribution is 2.66. The number of aromatic amines is 1. The molecule has 53 heavy (non-hydrogen) atoms. The van der Waals surface area contributed by atoms with E-state index in [2.05, 4.69) is 28.1 Å². The van der Waals surface area contributed by atoms with Crippen molar-refractivity contribution in [1.82, 2.24) is 9.55 Å². The molecule has 0 radical (unpaired) electrons. The molecule has 0 saturated carbocycles. The number of aromatic nitrogens is 2. The Morgan fingerprint density at radius 2 is 1.28 bits per heavy atom. The molecule has 0 bridgehead atoms. The lowest BCUT2D eigenvalue weighted by Gasteiger charge is -2.36. The number of nitrogens with one attached hydrogen (secondary N) is 3. The number of para-hydroxylation sites is 2. The smallest absolute Gasteiger partial charge is 0.412 e. The zero-order chi connectivity index (χ0) is 39.0. The van der Waals surface area contributed by atoms with E-state index in [9.17, 15) is 57.0 Å². The summed E-state index contributed by atoms with van der Waals surface area (Å²) in [6.07, 6.45) is -10.1. The zero-order valence-corrected chi connectivity index (χ0v) is 30.0. The second kappa shape index (κ2) is 17.5. The number of nitrogens with zero attached hydrogens (tertiary/aromatic N) is 1. The number of phosphoric ester groups is 1. The minimum Gasteiger partial charge on any atom is -0.778 e. The van der Waals surface area contributed by atoms with Gasteiger partial charge in [0, 0.05) is 36.3 Å². The second-order valence-corrected chi connectivity index (χ2v) is 16.9. The number of anilines is 2. The molecule has 5 unspecified atom stereocenters. The molecule has 1 aromatic heterocycles. The Morgan fingerprint density at radius 3 is 1.81 bits per heavy atom. The first kappa shape index (κ1) is 41.9. The van der Waals surface area contributed by atoms with Crippen LogP contribution in [0.1, 0.15) is 6.23 Å². The fraction of sp³-hybridized carbons (Fsp3) is 0.280. The first-order valence-corrected chi connectivity index (χ1v) is 20.6. The fourth-order valence-corrected chi connectivity index (χ4v) is 9.48. The van der Waals surface area contributed by atoms with E-state index in [1.165, 1.54) is 24.3 Å². The van der Waals surface area contributed by atoms with Gasteiger partial charge < -0.3 is 48.6 Å². The van der Waals surface area contributed by atoms with Crippen molar-refractivity contribution in [2.24, 2.45) is 5.73 Å². The van der Waals surface area contributed by atoms with E-state index < -0.39 is 98.4 Å². The standard InChI is InChI=1S/C25H31N5O19P4/c26-12-14-50(35,36)47-52(39,40)49-53(41,42)48-51(37,38)43-15-18-20(45-24(33)27-16-7-3-1-4-8-16)21(46-25(34)28-17-9-5-2-6-10-17)22(44-18)30-13-11-19(31)29-23(30)32/h1-11,13,18,20-22H,12,14-15,26H2,(H,27,33)(H,28,34)(H,35,36)(H,37,38)(H,39,40)(H,41,42)(H,29,31,32)/p-4/t18-,20?,21+,22-/m1/s1. The number of benzene rings is 2. The van der Waals surface area contributed by atoms with E-state index in [4.69, 9.17) is 19.9 Å². The number of rotatable bonds is 16. The third kappa shape index (κ3) is 12.9. The molecule has 2 heterocycles. The van der Waals surface area contributed by atoms with Crippen LogP contribution in [-0.2, 0) is 49.9 Å². The third-order valence-corrected chi connectivity index (χ3v) is 12.6. The summed E-state index contributed by atoms with van der Waals surface area (Å²) in [6, 6.07) is 16.2. The minimum absolute atomic E-state index is 0.191. The van der Waals surface area contributed by atoms with Gasteiger partial charge in [0.2, 0.25) is 0 Å². The maximum atomic E-state index is 13.0. The number of hydrogen-bond acceptors (Lipinski definition) is 20. The van der Waals surface area contributed by atoms with Gasteiger partial charge in [-0.05, 0) is 24.3 Å². The summed E-state index contributed by atoms with van der Waals surface area (Å²) < 4.78 is 80.8. The molecular weight excluding hydrogens is 798 g/mol. The van der Waals surface area contributed by atoms with Crippen LogP contribution in [0.25, 0.3) is 0 Å². The molecule has 28 heteroatoms. The van der Waals surface area contributed by atoms with Crippen LogP contribution in [0.2, 0.25) is 0 Å². The average molecular weight is 825 g/mol. The number of nitrogens with two attached hydrogens (primary N) is 1. The quantitative estimate of drug-likeness (QED) is 0.134. The maximum absolute atomic E-state index is 13.0. The van der Waals surface area contributed by atoms with Crippen molar-refractivity contribution in [2.45, 2.75) is 24.5 Å². The van der Waals surface area contributed by atoms with Crippen LogP contribution in [0.15, 0.2) is 82.5 Å². The van der Waals surface area contributed by atoms with Gasteiger partial charge in [-0.1, -0.05) is 36.4 Å². The largest absolute Gasteiger partial charge is 0.778 e. The van der Waals surface area contributed by atoms with Gasteiger partial charge in [-0.25, -0.2) is 23.0 Å². The van der Waals surface area contributed by atoms with Gasteiger partial charge in [-0.2, -0.15) is 0 Å². The van der Waals surface area contributed by atoms with Crippen molar-refractivity contribution in [3.05, 3.63) is 93.8 Å². The molecule has 1 saturated heterocycles. The van der Waals surface area contributed by atoms with Crippen LogP contribution in [0.5, 0.6) is 0 Å². The molecule has 1 aliphatic heterocycles. The Hall–Kier alpha value is -3.82. The number of hydrogen-bond donors (Lipinski definition) is 4. The molecule has 3 aromatic rings. The predicted molar refractivity (Wildman–Crippen MR) is 169 cm³/mol. The van der Waals surface area contributed by atoms with Crippen LogP contribution in [-0.4, -0.2) is 59.4 Å². The Morgan fingerprint density at radius 1 is 0.774 bits per heavy atom. The first-order chi connectivity index (χ1) is 24.8. The summed E-state index contributed by atoms with van der Waals surface area (Å²) in [5.41, 5.74) is 3.40. The lowest BCUT2D eigenvalue weighted by atomic mass is 10.1. The molecule has 2 aromatic carbocycles. The molecule has 0 spiro atoms. The number of H-pyrrole nitrogens is 1. The Balaban J connectivity index is 1.61. The number of carbonyl (C=O) groups excluding carboxylic acids is 2. The minimum atomic E-state index is -6.55. The van der Waals surface area contributed by atoms with Crippen molar-refractivity contribution < 1.29 is 79.1 Å². The molecule has 290 valence electrons. The summed E-state index contributed by atoms with van der Waals surface area (Å²) in [6.45, 7) is -2.00. The molecule has 1 aliphatic rings. The molecule has 1 fully saturated rings. The van der Waals surface area contributed by atoms with Gasteiger partial charge in [0.05, 0.1) is 6.61 Å². The van der Waals surface area contributed by atoms with Crippen molar-refractivity contribution >= 4 is 54.6 Å². The number of ether oxygens (including phenoxy) is 3. The Bertz CT molecular complexity index is 2070. The first-order valence-electron chi connectivity index (χ1n) is 14.5. The predicted octanol–water partition coefficient (Wildman–Crippen LogP) is -0.348. The van der Waals surface area contributed by atoms with Crippen LogP contribution in [0.3, 0.4) is 0 Å².